The molecule has 0 amide bonds. The van der Waals surface area contributed by atoms with E-state index in [1.54, 1.807) is 0 Å². The van der Waals surface area contributed by atoms with Crippen molar-refractivity contribution in [3.8, 4) is 0 Å². The van der Waals surface area contributed by atoms with Crippen LogP contribution in [0.15, 0.2) is 4.52 Å². The van der Waals surface area contributed by atoms with Crippen LogP contribution in [0.25, 0.3) is 0 Å². The molecule has 2 saturated carbocycles. The van der Waals surface area contributed by atoms with Gasteiger partial charge in [0.05, 0.1) is 5.41 Å². The van der Waals surface area contributed by atoms with Gasteiger partial charge in [-0.1, -0.05) is 19.0 Å². The van der Waals surface area contributed by atoms with Crippen molar-refractivity contribution >= 4 is 0 Å². The highest BCUT2D eigenvalue weighted by Crippen LogP contribution is 2.47. The molecule has 2 atom stereocenters. The van der Waals surface area contributed by atoms with Gasteiger partial charge in [0, 0.05) is 12.5 Å². The molecule has 2 unspecified atom stereocenters. The lowest BCUT2D eigenvalue weighted by atomic mass is 9.71. The zero-order chi connectivity index (χ0) is 12.8. The number of aromatic nitrogens is 2. The fourth-order valence-electron chi connectivity index (χ4n) is 3.10. The molecular formula is C14H23N3O. The van der Waals surface area contributed by atoms with Crippen LogP contribution in [-0.4, -0.2) is 16.7 Å². The van der Waals surface area contributed by atoms with Crippen LogP contribution in [0, 0.1) is 11.8 Å². The van der Waals surface area contributed by atoms with Crippen molar-refractivity contribution in [1.82, 2.24) is 10.1 Å². The highest BCUT2D eigenvalue weighted by molar-refractivity contribution is 5.13. The standard InChI is InChI=1S/C14H23N3O/c1-9-3-5-14(8-15,6-4-9)13-16-12(17-18-13)11-7-10(11)2/h9-11H,3-8,15H2,1-2H3. The Morgan fingerprint density at radius 1 is 1.33 bits per heavy atom. The summed E-state index contributed by atoms with van der Waals surface area (Å²) in [6.07, 6.45) is 5.81. The van der Waals surface area contributed by atoms with E-state index in [4.69, 9.17) is 10.3 Å². The van der Waals surface area contributed by atoms with Crippen molar-refractivity contribution in [3.05, 3.63) is 11.7 Å². The molecule has 0 spiro atoms. The molecule has 2 aliphatic carbocycles. The molecule has 1 aromatic rings. The van der Waals surface area contributed by atoms with Gasteiger partial charge in [0.15, 0.2) is 5.82 Å². The van der Waals surface area contributed by atoms with Gasteiger partial charge in [0.2, 0.25) is 5.89 Å². The molecule has 0 bridgehead atoms. The minimum atomic E-state index is -0.0457. The summed E-state index contributed by atoms with van der Waals surface area (Å²) in [5.74, 6) is 3.75. The first-order valence-corrected chi connectivity index (χ1v) is 7.19. The molecule has 2 N–H and O–H groups in total. The molecule has 4 heteroatoms. The van der Waals surface area contributed by atoms with E-state index in [-0.39, 0.29) is 5.41 Å². The van der Waals surface area contributed by atoms with Gasteiger partial charge in [0.1, 0.15) is 0 Å². The molecular weight excluding hydrogens is 226 g/mol. The van der Waals surface area contributed by atoms with Gasteiger partial charge in [-0.15, -0.1) is 0 Å². The van der Waals surface area contributed by atoms with Gasteiger partial charge in [-0.25, -0.2) is 0 Å². The van der Waals surface area contributed by atoms with Gasteiger partial charge in [-0.3, -0.25) is 0 Å². The Bertz CT molecular complexity index is 420. The Kier molecular flexibility index (Phi) is 2.93. The summed E-state index contributed by atoms with van der Waals surface area (Å²) >= 11 is 0. The van der Waals surface area contributed by atoms with Crippen molar-refractivity contribution < 1.29 is 4.52 Å². The fourth-order valence-corrected chi connectivity index (χ4v) is 3.10. The normalized spacial score (nSPS) is 39.8. The molecule has 3 rings (SSSR count). The summed E-state index contributed by atoms with van der Waals surface area (Å²) in [4.78, 5) is 4.66. The molecule has 0 aromatic carbocycles. The average Bonchev–Trinajstić information content (AvgIpc) is 2.92. The average molecular weight is 249 g/mol. The molecule has 4 nitrogen and oxygen atoms in total. The van der Waals surface area contributed by atoms with Gasteiger partial charge in [0.25, 0.3) is 0 Å². The second kappa shape index (κ2) is 4.34. The second-order valence-corrected chi connectivity index (χ2v) is 6.44. The molecule has 1 aromatic heterocycles. The van der Waals surface area contributed by atoms with Crippen molar-refractivity contribution in [2.24, 2.45) is 17.6 Å². The van der Waals surface area contributed by atoms with E-state index in [1.165, 1.54) is 19.3 Å². The number of rotatable bonds is 3. The Morgan fingerprint density at radius 3 is 2.56 bits per heavy atom. The summed E-state index contributed by atoms with van der Waals surface area (Å²) < 4.78 is 5.54. The first kappa shape index (κ1) is 12.2. The van der Waals surface area contributed by atoms with E-state index in [0.717, 1.165) is 36.4 Å². The summed E-state index contributed by atoms with van der Waals surface area (Å²) in [6, 6.07) is 0. The van der Waals surface area contributed by atoms with Gasteiger partial charge >= 0.3 is 0 Å². The third-order valence-electron chi connectivity index (χ3n) is 4.96. The maximum Gasteiger partial charge on any atom is 0.234 e. The van der Waals surface area contributed by atoms with Crippen LogP contribution in [0.5, 0.6) is 0 Å². The zero-order valence-electron chi connectivity index (χ0n) is 11.4. The van der Waals surface area contributed by atoms with Crippen molar-refractivity contribution in [1.29, 1.82) is 0 Å². The highest BCUT2D eigenvalue weighted by Gasteiger charge is 2.43. The summed E-state index contributed by atoms with van der Waals surface area (Å²) in [5, 5.41) is 4.17. The highest BCUT2D eigenvalue weighted by atomic mass is 16.5. The second-order valence-electron chi connectivity index (χ2n) is 6.44. The summed E-state index contributed by atoms with van der Waals surface area (Å²) in [7, 11) is 0. The lowest BCUT2D eigenvalue weighted by Gasteiger charge is -2.35. The number of hydrogen-bond acceptors (Lipinski definition) is 4. The van der Waals surface area contributed by atoms with Gasteiger partial charge in [-0.2, -0.15) is 4.98 Å². The third kappa shape index (κ3) is 1.96. The lowest BCUT2D eigenvalue weighted by molar-refractivity contribution is 0.191. The van der Waals surface area contributed by atoms with E-state index in [9.17, 15) is 0 Å². The van der Waals surface area contributed by atoms with Crippen LogP contribution in [0.1, 0.15) is 63.6 Å². The van der Waals surface area contributed by atoms with Gasteiger partial charge in [-0.05, 0) is 43.9 Å². The van der Waals surface area contributed by atoms with Crippen molar-refractivity contribution in [2.45, 2.75) is 57.3 Å². The Balaban J connectivity index is 1.80. The van der Waals surface area contributed by atoms with Crippen molar-refractivity contribution in [2.75, 3.05) is 6.54 Å². The predicted molar refractivity (Wildman–Crippen MR) is 69.2 cm³/mol. The molecule has 2 fully saturated rings. The Hall–Kier alpha value is -0.900. The van der Waals surface area contributed by atoms with Crippen LogP contribution < -0.4 is 5.73 Å². The Morgan fingerprint density at radius 2 is 2.00 bits per heavy atom. The summed E-state index contributed by atoms with van der Waals surface area (Å²) in [6.45, 7) is 5.18. The fraction of sp³-hybridized carbons (Fsp3) is 0.857. The molecule has 1 heterocycles. The molecule has 0 saturated heterocycles. The molecule has 0 aliphatic heterocycles. The molecule has 0 radical (unpaired) electrons. The summed E-state index contributed by atoms with van der Waals surface area (Å²) in [5.41, 5.74) is 5.97. The van der Waals surface area contributed by atoms with Crippen LogP contribution in [0.2, 0.25) is 0 Å². The minimum Gasteiger partial charge on any atom is -0.339 e. The van der Waals surface area contributed by atoms with Crippen LogP contribution in [-0.2, 0) is 5.41 Å². The number of nitrogens with two attached hydrogens (primary N) is 1. The molecule has 2 aliphatic rings. The van der Waals surface area contributed by atoms with Crippen LogP contribution >= 0.6 is 0 Å². The van der Waals surface area contributed by atoms with Crippen LogP contribution in [0.4, 0.5) is 0 Å². The topological polar surface area (TPSA) is 64.9 Å². The first-order valence-electron chi connectivity index (χ1n) is 7.19. The Labute approximate surface area is 108 Å². The molecule has 18 heavy (non-hydrogen) atoms. The van der Waals surface area contributed by atoms with E-state index in [0.29, 0.717) is 12.5 Å². The predicted octanol–water partition coefficient (Wildman–Crippen LogP) is 2.60. The van der Waals surface area contributed by atoms with E-state index in [2.05, 4.69) is 24.0 Å². The molecule has 100 valence electrons. The monoisotopic (exact) mass is 249 g/mol. The third-order valence-corrected chi connectivity index (χ3v) is 4.96. The van der Waals surface area contributed by atoms with Crippen LogP contribution in [0.3, 0.4) is 0 Å². The number of hydrogen-bond donors (Lipinski definition) is 1. The zero-order valence-corrected chi connectivity index (χ0v) is 11.4. The number of nitrogens with zero attached hydrogens (tertiary/aromatic N) is 2. The van der Waals surface area contributed by atoms with E-state index < -0.39 is 0 Å². The van der Waals surface area contributed by atoms with Crippen molar-refractivity contribution in [3.63, 3.8) is 0 Å². The quantitative estimate of drug-likeness (QED) is 0.894. The van der Waals surface area contributed by atoms with E-state index in [1.807, 2.05) is 0 Å². The lowest BCUT2D eigenvalue weighted by Crippen LogP contribution is -2.39. The van der Waals surface area contributed by atoms with Gasteiger partial charge < -0.3 is 10.3 Å². The SMILES string of the molecule is CC1CCC(CN)(c2nc(C3CC3C)no2)CC1. The maximum atomic E-state index is 6.02. The minimum absolute atomic E-state index is 0.0457. The maximum absolute atomic E-state index is 6.02. The van der Waals surface area contributed by atoms with E-state index >= 15 is 0 Å². The first-order chi connectivity index (χ1) is 8.64. The largest absolute Gasteiger partial charge is 0.339 e. The smallest absolute Gasteiger partial charge is 0.234 e.